The first-order chi connectivity index (χ1) is 15.4. The lowest BCUT2D eigenvalue weighted by Gasteiger charge is -2.12. The molecule has 162 valence electrons. The highest BCUT2D eigenvalue weighted by atomic mass is 79.9. The number of amides is 1. The monoisotopic (exact) mass is 592 g/mol. The minimum atomic E-state index is -0.441. The molecule has 8 heteroatoms. The molecule has 0 unspecified atom stereocenters. The van der Waals surface area contributed by atoms with Crippen molar-refractivity contribution in [2.45, 2.75) is 13.2 Å². The van der Waals surface area contributed by atoms with E-state index in [-0.39, 0.29) is 12.2 Å². The van der Waals surface area contributed by atoms with E-state index < -0.39 is 5.91 Å². The van der Waals surface area contributed by atoms with E-state index >= 15 is 0 Å². The van der Waals surface area contributed by atoms with Crippen molar-refractivity contribution in [3.05, 3.63) is 102 Å². The van der Waals surface area contributed by atoms with Crippen LogP contribution in [0.15, 0.2) is 75.2 Å². The number of nitrogens with one attached hydrogen (secondary N) is 1. The minimum Gasteiger partial charge on any atom is -0.487 e. The van der Waals surface area contributed by atoms with Gasteiger partial charge in [-0.1, -0.05) is 59.6 Å². The summed E-state index contributed by atoms with van der Waals surface area (Å²) in [6.07, 6.45) is 1.53. The van der Waals surface area contributed by atoms with Crippen molar-refractivity contribution < 1.29 is 9.53 Å². The maximum absolute atomic E-state index is 12.4. The second kappa shape index (κ2) is 11.5. The van der Waals surface area contributed by atoms with Gasteiger partial charge in [0.2, 0.25) is 0 Å². The highest BCUT2D eigenvalue weighted by Gasteiger charge is 2.13. The molecule has 0 fully saturated rings. The second-order valence-corrected chi connectivity index (χ2v) is 9.21. The minimum absolute atomic E-state index is 0.00389. The summed E-state index contributed by atoms with van der Waals surface area (Å²) in [5.41, 5.74) is 2.48. The van der Waals surface area contributed by atoms with Crippen LogP contribution in [0.1, 0.15) is 16.7 Å². The van der Waals surface area contributed by atoms with Gasteiger partial charge in [-0.2, -0.15) is 5.26 Å². The predicted octanol–water partition coefficient (Wildman–Crippen LogP) is 7.32. The van der Waals surface area contributed by atoms with Crippen molar-refractivity contribution >= 4 is 67.0 Å². The topological polar surface area (TPSA) is 62.1 Å². The number of carbonyl (C=O) groups is 1. The van der Waals surface area contributed by atoms with Crippen LogP contribution >= 0.6 is 55.1 Å². The largest absolute Gasteiger partial charge is 0.487 e. The van der Waals surface area contributed by atoms with Gasteiger partial charge in [0.25, 0.3) is 5.91 Å². The molecule has 3 rings (SSSR count). The van der Waals surface area contributed by atoms with Crippen molar-refractivity contribution in [2.75, 3.05) is 0 Å². The number of nitriles is 1. The van der Waals surface area contributed by atoms with Gasteiger partial charge < -0.3 is 10.1 Å². The van der Waals surface area contributed by atoms with Crippen molar-refractivity contribution in [1.82, 2.24) is 5.32 Å². The molecule has 0 aliphatic rings. The Kier molecular flexibility index (Phi) is 8.77. The van der Waals surface area contributed by atoms with E-state index in [2.05, 4.69) is 37.2 Å². The smallest absolute Gasteiger partial charge is 0.262 e. The van der Waals surface area contributed by atoms with Gasteiger partial charge in [-0.25, -0.2) is 0 Å². The number of rotatable bonds is 7. The standard InChI is InChI=1S/C24H16Br2Cl2N2O2/c25-19-9-17(8-18(12-29)24(31)30-13-15-4-2-1-3-5-15)10-20(26)23(19)32-14-16-6-7-21(27)22(28)11-16/h1-11H,13-14H2,(H,30,31)/b18-8-. The third-order valence-electron chi connectivity index (χ3n) is 4.36. The van der Waals surface area contributed by atoms with Gasteiger partial charge in [0.05, 0.1) is 19.0 Å². The van der Waals surface area contributed by atoms with Crippen molar-refractivity contribution in [3.63, 3.8) is 0 Å². The van der Waals surface area contributed by atoms with E-state index in [0.717, 1.165) is 11.1 Å². The van der Waals surface area contributed by atoms with Crippen LogP contribution in [-0.2, 0) is 17.9 Å². The first kappa shape index (κ1) is 24.3. The number of hydrogen-bond acceptors (Lipinski definition) is 3. The SMILES string of the molecule is N#C/C(=C/c1cc(Br)c(OCc2ccc(Cl)c(Cl)c2)c(Br)c1)C(=O)NCc1ccccc1. The number of halogens is 4. The van der Waals surface area contributed by atoms with Crippen LogP contribution in [-0.4, -0.2) is 5.91 Å². The molecule has 0 aliphatic heterocycles. The Bertz CT molecular complexity index is 1190. The van der Waals surface area contributed by atoms with Gasteiger partial charge in [-0.05, 0) is 78.9 Å². The second-order valence-electron chi connectivity index (χ2n) is 6.69. The molecule has 0 aromatic heterocycles. The fourth-order valence-electron chi connectivity index (χ4n) is 2.77. The number of carbonyl (C=O) groups excluding carboxylic acids is 1. The molecule has 0 atom stereocenters. The summed E-state index contributed by atoms with van der Waals surface area (Å²) in [6, 6.07) is 20.3. The van der Waals surface area contributed by atoms with Gasteiger partial charge in [0, 0.05) is 6.54 Å². The Hall–Kier alpha value is -2.30. The Morgan fingerprint density at radius 3 is 2.31 bits per heavy atom. The maximum Gasteiger partial charge on any atom is 0.262 e. The Labute approximate surface area is 213 Å². The van der Waals surface area contributed by atoms with E-state index in [4.69, 9.17) is 27.9 Å². The van der Waals surface area contributed by atoms with Crippen LogP contribution in [0.25, 0.3) is 6.08 Å². The molecule has 3 aromatic carbocycles. The summed E-state index contributed by atoms with van der Waals surface area (Å²) < 4.78 is 7.24. The van der Waals surface area contributed by atoms with Gasteiger partial charge >= 0.3 is 0 Å². The normalized spacial score (nSPS) is 11.0. The molecule has 1 amide bonds. The Morgan fingerprint density at radius 2 is 1.69 bits per heavy atom. The quantitative estimate of drug-likeness (QED) is 0.230. The molecule has 32 heavy (non-hydrogen) atoms. The third-order valence-corrected chi connectivity index (χ3v) is 6.28. The first-order valence-electron chi connectivity index (χ1n) is 9.37. The van der Waals surface area contributed by atoms with Crippen LogP contribution in [0.5, 0.6) is 5.75 Å². The summed E-state index contributed by atoms with van der Waals surface area (Å²) in [7, 11) is 0. The zero-order chi connectivity index (χ0) is 23.1. The zero-order valence-electron chi connectivity index (χ0n) is 16.5. The van der Waals surface area contributed by atoms with Gasteiger partial charge in [0.15, 0.2) is 0 Å². The third kappa shape index (κ3) is 6.60. The molecular formula is C24H16Br2Cl2N2O2. The van der Waals surface area contributed by atoms with E-state index in [0.29, 0.717) is 36.8 Å². The molecular weight excluding hydrogens is 579 g/mol. The molecule has 0 aliphatic carbocycles. The summed E-state index contributed by atoms with van der Waals surface area (Å²) >= 11 is 19.0. The lowest BCUT2D eigenvalue weighted by molar-refractivity contribution is -0.117. The Morgan fingerprint density at radius 1 is 1.00 bits per heavy atom. The van der Waals surface area contributed by atoms with Crippen LogP contribution in [0.3, 0.4) is 0 Å². The summed E-state index contributed by atoms with van der Waals surface area (Å²) in [5, 5.41) is 13.2. The fraction of sp³-hybridized carbons (Fsp3) is 0.0833. The lowest BCUT2D eigenvalue weighted by atomic mass is 10.1. The highest BCUT2D eigenvalue weighted by Crippen LogP contribution is 2.36. The summed E-state index contributed by atoms with van der Waals surface area (Å²) in [6.45, 7) is 0.627. The van der Waals surface area contributed by atoms with Gasteiger partial charge in [0.1, 0.15) is 24.0 Å². The fourth-order valence-corrected chi connectivity index (χ4v) is 4.55. The number of ether oxygens (including phenoxy) is 1. The zero-order valence-corrected chi connectivity index (χ0v) is 21.2. The van der Waals surface area contributed by atoms with Crippen LogP contribution in [0, 0.1) is 11.3 Å². The molecule has 0 radical (unpaired) electrons. The summed E-state index contributed by atoms with van der Waals surface area (Å²) in [4.78, 5) is 12.4. The van der Waals surface area contributed by atoms with Crippen LogP contribution in [0.4, 0.5) is 0 Å². The van der Waals surface area contributed by atoms with Crippen LogP contribution < -0.4 is 10.1 Å². The van der Waals surface area contributed by atoms with Crippen LogP contribution in [0.2, 0.25) is 10.0 Å². The van der Waals surface area contributed by atoms with Crippen molar-refractivity contribution in [3.8, 4) is 11.8 Å². The van der Waals surface area contributed by atoms with E-state index in [1.165, 1.54) is 6.08 Å². The lowest BCUT2D eigenvalue weighted by Crippen LogP contribution is -2.23. The molecule has 0 saturated carbocycles. The van der Waals surface area contributed by atoms with E-state index in [1.807, 2.05) is 42.5 Å². The predicted molar refractivity (Wildman–Crippen MR) is 135 cm³/mol. The highest BCUT2D eigenvalue weighted by molar-refractivity contribution is 9.11. The number of hydrogen-bond donors (Lipinski definition) is 1. The molecule has 0 saturated heterocycles. The van der Waals surface area contributed by atoms with E-state index in [9.17, 15) is 10.1 Å². The summed E-state index contributed by atoms with van der Waals surface area (Å²) in [5.74, 6) is 0.142. The van der Waals surface area contributed by atoms with Gasteiger partial charge in [-0.3, -0.25) is 4.79 Å². The molecule has 3 aromatic rings. The Balaban J connectivity index is 1.72. The van der Waals surface area contributed by atoms with E-state index in [1.54, 1.807) is 24.3 Å². The first-order valence-corrected chi connectivity index (χ1v) is 11.7. The molecule has 0 spiro atoms. The van der Waals surface area contributed by atoms with Gasteiger partial charge in [-0.15, -0.1) is 0 Å². The maximum atomic E-state index is 12.4. The molecule has 0 bridgehead atoms. The number of nitrogens with zero attached hydrogens (tertiary/aromatic N) is 1. The molecule has 4 nitrogen and oxygen atoms in total. The number of benzene rings is 3. The van der Waals surface area contributed by atoms with Crippen molar-refractivity contribution in [2.24, 2.45) is 0 Å². The molecule has 0 heterocycles. The molecule has 1 N–H and O–H groups in total. The average Bonchev–Trinajstić information content (AvgIpc) is 2.78. The van der Waals surface area contributed by atoms with Crippen molar-refractivity contribution in [1.29, 1.82) is 5.26 Å². The average molecular weight is 595 g/mol.